The summed E-state index contributed by atoms with van der Waals surface area (Å²) >= 11 is 5.81. The maximum Gasteiger partial charge on any atom is 0.323 e. The molecule has 2 aromatic rings. The summed E-state index contributed by atoms with van der Waals surface area (Å²) in [6.45, 7) is 3.64. The largest absolute Gasteiger partial charge is 0.480 e. The number of amides is 2. The Kier molecular flexibility index (Phi) is 5.81. The standard InChI is InChI=1S/C16H19ClN4O3/c1-10(2)14(15-18-7-8-21(15)9-13(22)23)20-16(24)19-12-5-3-11(17)4-6-12/h3-8,10,14H,9H2,1-2H3,(H,22,23)(H2,19,20,24)/t14-/m0/s1. The van der Waals surface area contributed by atoms with Crippen LogP contribution in [-0.2, 0) is 11.3 Å². The Labute approximate surface area is 144 Å². The van der Waals surface area contributed by atoms with Gasteiger partial charge in [0.25, 0.3) is 0 Å². The minimum absolute atomic E-state index is 0.0240. The van der Waals surface area contributed by atoms with E-state index in [0.29, 0.717) is 16.5 Å². The van der Waals surface area contributed by atoms with Crippen molar-refractivity contribution in [1.29, 1.82) is 0 Å². The van der Waals surface area contributed by atoms with Crippen molar-refractivity contribution in [3.63, 3.8) is 0 Å². The van der Waals surface area contributed by atoms with Crippen molar-refractivity contribution < 1.29 is 14.7 Å². The average molecular weight is 351 g/mol. The maximum absolute atomic E-state index is 12.2. The number of imidazole rings is 1. The summed E-state index contributed by atoms with van der Waals surface area (Å²) in [7, 11) is 0. The van der Waals surface area contributed by atoms with E-state index >= 15 is 0 Å². The van der Waals surface area contributed by atoms with E-state index in [0.717, 1.165) is 0 Å². The van der Waals surface area contributed by atoms with E-state index in [9.17, 15) is 9.59 Å². The highest BCUT2D eigenvalue weighted by atomic mass is 35.5. The molecule has 0 saturated carbocycles. The van der Waals surface area contributed by atoms with Gasteiger partial charge < -0.3 is 20.3 Å². The molecule has 128 valence electrons. The van der Waals surface area contributed by atoms with Gasteiger partial charge in [-0.3, -0.25) is 4.79 Å². The van der Waals surface area contributed by atoms with Crippen molar-refractivity contribution in [3.05, 3.63) is 47.5 Å². The second kappa shape index (κ2) is 7.83. The fraction of sp³-hybridized carbons (Fsp3) is 0.312. The Balaban J connectivity index is 2.11. The van der Waals surface area contributed by atoms with E-state index in [-0.39, 0.29) is 12.5 Å². The number of carbonyl (C=O) groups is 2. The molecule has 0 saturated heterocycles. The van der Waals surface area contributed by atoms with E-state index < -0.39 is 18.0 Å². The van der Waals surface area contributed by atoms with Crippen molar-refractivity contribution in [2.75, 3.05) is 5.32 Å². The summed E-state index contributed by atoms with van der Waals surface area (Å²) < 4.78 is 1.51. The molecule has 1 aromatic carbocycles. The summed E-state index contributed by atoms with van der Waals surface area (Å²) in [5, 5.41) is 15.1. The molecule has 8 heteroatoms. The van der Waals surface area contributed by atoms with Gasteiger partial charge in [-0.1, -0.05) is 25.4 Å². The molecule has 0 radical (unpaired) electrons. The van der Waals surface area contributed by atoms with Gasteiger partial charge in [0.2, 0.25) is 0 Å². The van der Waals surface area contributed by atoms with Crippen LogP contribution in [0.3, 0.4) is 0 Å². The lowest BCUT2D eigenvalue weighted by atomic mass is 10.0. The molecule has 2 amide bonds. The number of nitrogens with zero attached hydrogens (tertiary/aromatic N) is 2. The monoisotopic (exact) mass is 350 g/mol. The third kappa shape index (κ3) is 4.73. The van der Waals surface area contributed by atoms with Crippen LogP contribution < -0.4 is 10.6 Å². The minimum atomic E-state index is -0.970. The molecule has 7 nitrogen and oxygen atoms in total. The molecule has 0 unspecified atom stereocenters. The summed E-state index contributed by atoms with van der Waals surface area (Å²) in [5.74, 6) is -0.447. The zero-order chi connectivity index (χ0) is 17.7. The quantitative estimate of drug-likeness (QED) is 0.745. The van der Waals surface area contributed by atoms with Crippen LogP contribution in [0.15, 0.2) is 36.7 Å². The Hall–Kier alpha value is -2.54. The normalized spacial score (nSPS) is 12.0. The number of rotatable bonds is 6. The second-order valence-corrected chi connectivity index (χ2v) is 6.07. The van der Waals surface area contributed by atoms with Crippen LogP contribution in [0.5, 0.6) is 0 Å². The number of hydrogen-bond donors (Lipinski definition) is 3. The molecule has 0 aliphatic carbocycles. The predicted octanol–water partition coefficient (Wildman–Crippen LogP) is 3.14. The van der Waals surface area contributed by atoms with E-state index in [1.807, 2.05) is 13.8 Å². The zero-order valence-corrected chi connectivity index (χ0v) is 14.1. The van der Waals surface area contributed by atoms with Crippen LogP contribution in [0, 0.1) is 5.92 Å². The first kappa shape index (κ1) is 17.8. The van der Waals surface area contributed by atoms with E-state index in [4.69, 9.17) is 16.7 Å². The maximum atomic E-state index is 12.2. The van der Waals surface area contributed by atoms with Crippen molar-refractivity contribution >= 4 is 29.3 Å². The molecule has 2 rings (SSSR count). The lowest BCUT2D eigenvalue weighted by molar-refractivity contribution is -0.137. The number of benzene rings is 1. The SMILES string of the molecule is CC(C)[C@H](NC(=O)Nc1ccc(Cl)cc1)c1nccn1CC(=O)O. The first-order valence-corrected chi connectivity index (χ1v) is 7.80. The molecule has 3 N–H and O–H groups in total. The fourth-order valence-corrected chi connectivity index (χ4v) is 2.38. The fourth-order valence-electron chi connectivity index (χ4n) is 2.25. The first-order chi connectivity index (χ1) is 11.4. The highest BCUT2D eigenvalue weighted by Crippen LogP contribution is 2.21. The van der Waals surface area contributed by atoms with Crippen LogP contribution in [-0.4, -0.2) is 26.7 Å². The topological polar surface area (TPSA) is 96.3 Å². The van der Waals surface area contributed by atoms with Gasteiger partial charge >= 0.3 is 12.0 Å². The molecule has 1 atom stereocenters. The number of aliphatic carboxylic acids is 1. The summed E-state index contributed by atoms with van der Waals surface area (Å²) in [4.78, 5) is 27.4. The average Bonchev–Trinajstić information content (AvgIpc) is 2.94. The van der Waals surface area contributed by atoms with Gasteiger partial charge in [0.05, 0.1) is 6.04 Å². The Bertz CT molecular complexity index is 712. The molecule has 1 aromatic heterocycles. The number of nitrogens with one attached hydrogen (secondary N) is 2. The number of carboxylic acids is 1. The molecule has 0 bridgehead atoms. The molecular formula is C16H19ClN4O3. The lowest BCUT2D eigenvalue weighted by Crippen LogP contribution is -2.37. The smallest absolute Gasteiger partial charge is 0.323 e. The number of urea groups is 1. The lowest BCUT2D eigenvalue weighted by Gasteiger charge is -2.23. The van der Waals surface area contributed by atoms with E-state index in [1.165, 1.54) is 10.8 Å². The number of carbonyl (C=O) groups excluding carboxylic acids is 1. The van der Waals surface area contributed by atoms with Crippen molar-refractivity contribution in [1.82, 2.24) is 14.9 Å². The van der Waals surface area contributed by atoms with Crippen LogP contribution in [0.1, 0.15) is 25.7 Å². The zero-order valence-electron chi connectivity index (χ0n) is 13.4. The number of hydrogen-bond acceptors (Lipinski definition) is 3. The minimum Gasteiger partial charge on any atom is -0.480 e. The van der Waals surface area contributed by atoms with Gasteiger partial charge in [-0.15, -0.1) is 0 Å². The Morgan fingerprint density at radius 3 is 2.54 bits per heavy atom. The molecular weight excluding hydrogens is 332 g/mol. The molecule has 0 aliphatic rings. The Morgan fingerprint density at radius 1 is 1.29 bits per heavy atom. The predicted molar refractivity (Wildman–Crippen MR) is 91.0 cm³/mol. The summed E-state index contributed by atoms with van der Waals surface area (Å²) in [6, 6.07) is 5.91. The third-order valence-corrected chi connectivity index (χ3v) is 3.64. The van der Waals surface area contributed by atoms with Gasteiger partial charge in [-0.25, -0.2) is 9.78 Å². The molecule has 0 spiro atoms. The molecule has 24 heavy (non-hydrogen) atoms. The number of anilines is 1. The summed E-state index contributed by atoms with van der Waals surface area (Å²) in [5.41, 5.74) is 0.605. The highest BCUT2D eigenvalue weighted by Gasteiger charge is 2.23. The summed E-state index contributed by atoms with van der Waals surface area (Å²) in [6.07, 6.45) is 3.10. The van der Waals surface area contributed by atoms with Crippen molar-refractivity contribution in [2.24, 2.45) is 5.92 Å². The van der Waals surface area contributed by atoms with Crippen molar-refractivity contribution in [3.8, 4) is 0 Å². The van der Waals surface area contributed by atoms with Gasteiger partial charge in [0.1, 0.15) is 12.4 Å². The second-order valence-electron chi connectivity index (χ2n) is 5.63. The third-order valence-electron chi connectivity index (χ3n) is 3.39. The van der Waals surface area contributed by atoms with Crippen LogP contribution in [0.25, 0.3) is 0 Å². The number of carboxylic acid groups (broad SMARTS) is 1. The highest BCUT2D eigenvalue weighted by molar-refractivity contribution is 6.30. The Morgan fingerprint density at radius 2 is 1.96 bits per heavy atom. The van der Waals surface area contributed by atoms with Gasteiger partial charge in [-0.2, -0.15) is 0 Å². The molecule has 0 aliphatic heterocycles. The number of aromatic nitrogens is 2. The van der Waals surface area contributed by atoms with Gasteiger partial charge in [0, 0.05) is 23.1 Å². The van der Waals surface area contributed by atoms with E-state index in [2.05, 4.69) is 15.6 Å². The van der Waals surface area contributed by atoms with Gasteiger partial charge in [0.15, 0.2) is 0 Å². The van der Waals surface area contributed by atoms with Gasteiger partial charge in [-0.05, 0) is 30.2 Å². The number of halogens is 1. The van der Waals surface area contributed by atoms with Crippen molar-refractivity contribution in [2.45, 2.75) is 26.4 Å². The van der Waals surface area contributed by atoms with Crippen LogP contribution in [0.2, 0.25) is 5.02 Å². The molecule has 0 fully saturated rings. The van der Waals surface area contributed by atoms with E-state index in [1.54, 1.807) is 30.5 Å². The molecule has 1 heterocycles. The first-order valence-electron chi connectivity index (χ1n) is 7.42. The van der Waals surface area contributed by atoms with Crippen LogP contribution in [0.4, 0.5) is 10.5 Å². The van der Waals surface area contributed by atoms with Crippen LogP contribution >= 0.6 is 11.6 Å².